The molecule has 0 spiro atoms. The summed E-state index contributed by atoms with van der Waals surface area (Å²) >= 11 is 0. The summed E-state index contributed by atoms with van der Waals surface area (Å²) in [7, 11) is 0. The van der Waals surface area contributed by atoms with Gasteiger partial charge in [0.05, 0.1) is 13.0 Å². The highest BCUT2D eigenvalue weighted by Crippen LogP contribution is 2.47. The molecule has 2 aliphatic carbocycles. The lowest BCUT2D eigenvalue weighted by Crippen LogP contribution is -2.43. The normalized spacial score (nSPS) is 20.5. The van der Waals surface area contributed by atoms with E-state index in [2.05, 4.69) is 28.6 Å². The highest BCUT2D eigenvalue weighted by molar-refractivity contribution is 5.80. The third kappa shape index (κ3) is 7.67. The lowest BCUT2D eigenvalue weighted by molar-refractivity contribution is -0.155. The Morgan fingerprint density at radius 1 is 1.14 bits per heavy atom. The van der Waals surface area contributed by atoms with Crippen LogP contribution >= 0.6 is 0 Å². The first-order valence-corrected chi connectivity index (χ1v) is 13.2. The molecule has 2 saturated carbocycles. The monoisotopic (exact) mass is 505 g/mol. The highest BCUT2D eigenvalue weighted by atomic mass is 16.6. The fraction of sp³-hybridized carbons (Fsp3) is 0.808. The van der Waals surface area contributed by atoms with Crippen LogP contribution in [0, 0.1) is 11.8 Å². The minimum absolute atomic E-state index is 0.00459. The van der Waals surface area contributed by atoms with Crippen molar-refractivity contribution >= 4 is 18.0 Å². The Kier molecular flexibility index (Phi) is 9.00. The van der Waals surface area contributed by atoms with Crippen LogP contribution in [0.4, 0.5) is 4.79 Å². The zero-order valence-corrected chi connectivity index (χ0v) is 22.7. The third-order valence-electron chi connectivity index (χ3n) is 6.64. The minimum atomic E-state index is -0.759. The van der Waals surface area contributed by atoms with E-state index < -0.39 is 29.5 Å². The molecular formula is C26H43N5O5. The number of urea groups is 1. The largest absolute Gasteiger partial charge is 0.465 e. The number of esters is 2. The van der Waals surface area contributed by atoms with Gasteiger partial charge in [0.1, 0.15) is 23.8 Å². The Morgan fingerprint density at radius 2 is 1.81 bits per heavy atom. The van der Waals surface area contributed by atoms with Gasteiger partial charge in [0.2, 0.25) is 0 Å². The first-order valence-electron chi connectivity index (χ1n) is 13.2. The Morgan fingerprint density at radius 3 is 2.33 bits per heavy atom. The number of aromatic nitrogens is 3. The average Bonchev–Trinajstić information content (AvgIpc) is 3.46. The lowest BCUT2D eigenvalue weighted by atomic mass is 9.71. The molecule has 0 unspecified atom stereocenters. The lowest BCUT2D eigenvalue weighted by Gasteiger charge is -2.36. The summed E-state index contributed by atoms with van der Waals surface area (Å²) in [5, 5.41) is 9.15. The van der Waals surface area contributed by atoms with Crippen LogP contribution in [0.2, 0.25) is 0 Å². The third-order valence-corrected chi connectivity index (χ3v) is 6.64. The van der Waals surface area contributed by atoms with E-state index in [0.717, 1.165) is 31.5 Å². The second-order valence-corrected chi connectivity index (χ2v) is 11.7. The number of hydrogen-bond donors (Lipinski definition) is 1. The molecule has 2 amide bonds. The molecule has 3 rings (SSSR count). The van der Waals surface area contributed by atoms with Gasteiger partial charge in [-0.15, -0.1) is 10.2 Å². The number of nitrogens with two attached hydrogens (primary N) is 1. The average molecular weight is 506 g/mol. The molecule has 1 aromatic rings. The van der Waals surface area contributed by atoms with E-state index in [1.807, 2.05) is 20.8 Å². The van der Waals surface area contributed by atoms with Crippen molar-refractivity contribution in [3.63, 3.8) is 0 Å². The smallest absolute Gasteiger partial charge is 0.325 e. The summed E-state index contributed by atoms with van der Waals surface area (Å²) in [4.78, 5) is 38.4. The summed E-state index contributed by atoms with van der Waals surface area (Å²) in [6.07, 6.45) is 5.45. The predicted octanol–water partition coefficient (Wildman–Crippen LogP) is 3.91. The van der Waals surface area contributed by atoms with Gasteiger partial charge in [0.25, 0.3) is 0 Å². The van der Waals surface area contributed by atoms with E-state index >= 15 is 0 Å². The number of carbonyl (C=O) groups is 3. The van der Waals surface area contributed by atoms with Crippen LogP contribution in [-0.2, 0) is 19.1 Å². The van der Waals surface area contributed by atoms with Gasteiger partial charge < -0.3 is 24.7 Å². The van der Waals surface area contributed by atoms with Gasteiger partial charge in [-0.3, -0.25) is 9.59 Å². The molecule has 10 nitrogen and oxygen atoms in total. The molecule has 2 aliphatic rings. The molecule has 2 N–H and O–H groups in total. The Bertz CT molecular complexity index is 928. The van der Waals surface area contributed by atoms with Gasteiger partial charge in [-0.05, 0) is 71.6 Å². The van der Waals surface area contributed by atoms with Crippen molar-refractivity contribution in [1.29, 1.82) is 0 Å². The van der Waals surface area contributed by atoms with Crippen LogP contribution in [0.5, 0.6) is 0 Å². The molecule has 0 radical (unpaired) electrons. The summed E-state index contributed by atoms with van der Waals surface area (Å²) in [6, 6.07) is -0.465. The van der Waals surface area contributed by atoms with Crippen molar-refractivity contribution in [2.45, 2.75) is 104 Å². The first-order chi connectivity index (χ1) is 16.9. The SMILES string of the molecule is CCOC(=O)CN(C[C@@H](CC(=O)OC(C)(C)C)c1nnc([C@H]2C[C@@H](CC(C)C)C2)n1C1CC1)C(N)=O. The van der Waals surface area contributed by atoms with E-state index in [4.69, 9.17) is 15.2 Å². The molecule has 0 saturated heterocycles. The maximum atomic E-state index is 12.9. The number of hydrogen-bond acceptors (Lipinski definition) is 7. The van der Waals surface area contributed by atoms with Crippen molar-refractivity contribution in [3.05, 3.63) is 11.6 Å². The Balaban J connectivity index is 1.87. The summed E-state index contributed by atoms with van der Waals surface area (Å²) in [5.74, 6) is 1.88. The van der Waals surface area contributed by atoms with E-state index in [1.54, 1.807) is 6.92 Å². The topological polar surface area (TPSA) is 130 Å². The van der Waals surface area contributed by atoms with Crippen LogP contribution < -0.4 is 5.73 Å². The summed E-state index contributed by atoms with van der Waals surface area (Å²) < 4.78 is 12.8. The second kappa shape index (κ2) is 11.6. The Hall–Kier alpha value is -2.65. The van der Waals surface area contributed by atoms with Gasteiger partial charge in [0, 0.05) is 24.4 Å². The quantitative estimate of drug-likeness (QED) is 0.426. The molecule has 0 bridgehead atoms. The van der Waals surface area contributed by atoms with Crippen LogP contribution in [0.15, 0.2) is 0 Å². The van der Waals surface area contributed by atoms with E-state index in [9.17, 15) is 14.4 Å². The maximum Gasteiger partial charge on any atom is 0.325 e. The predicted molar refractivity (Wildman–Crippen MR) is 134 cm³/mol. The summed E-state index contributed by atoms with van der Waals surface area (Å²) in [6.45, 7) is 11.6. The molecule has 36 heavy (non-hydrogen) atoms. The van der Waals surface area contributed by atoms with Gasteiger partial charge >= 0.3 is 18.0 Å². The number of amides is 2. The first kappa shape index (κ1) is 27.9. The number of primary amides is 1. The standard InChI is InChI=1S/C26H43N5O5/c1-7-35-22(33)15-30(25(27)34)14-19(13-21(32)36-26(4,5)6)24-29-28-23(31(24)20-8-9-20)18-11-17(12-18)10-16(2)3/h16-20H,7-15H2,1-6H3,(H2,27,34)/t17-,18+,19-/m1/s1. The second-order valence-electron chi connectivity index (χ2n) is 11.7. The van der Waals surface area contributed by atoms with Crippen molar-refractivity contribution < 1.29 is 23.9 Å². The molecule has 2 fully saturated rings. The summed E-state index contributed by atoms with van der Waals surface area (Å²) in [5.41, 5.74) is 4.96. The number of ether oxygens (including phenoxy) is 2. The van der Waals surface area contributed by atoms with Crippen LogP contribution in [-0.4, -0.2) is 62.9 Å². The van der Waals surface area contributed by atoms with Gasteiger partial charge in [-0.1, -0.05) is 13.8 Å². The van der Waals surface area contributed by atoms with E-state index in [0.29, 0.717) is 29.6 Å². The molecule has 202 valence electrons. The fourth-order valence-electron chi connectivity index (χ4n) is 5.07. The van der Waals surface area contributed by atoms with Crippen LogP contribution in [0.3, 0.4) is 0 Å². The van der Waals surface area contributed by atoms with Crippen molar-refractivity contribution in [2.75, 3.05) is 19.7 Å². The zero-order chi connectivity index (χ0) is 26.6. The molecule has 0 aliphatic heterocycles. The fourth-order valence-corrected chi connectivity index (χ4v) is 5.07. The molecule has 1 aromatic heterocycles. The number of rotatable bonds is 12. The number of nitrogens with zero attached hydrogens (tertiary/aromatic N) is 4. The molecule has 1 heterocycles. The van der Waals surface area contributed by atoms with Crippen molar-refractivity contribution in [1.82, 2.24) is 19.7 Å². The molecular weight excluding hydrogens is 462 g/mol. The molecule has 0 aromatic carbocycles. The van der Waals surface area contributed by atoms with Gasteiger partial charge in [-0.25, -0.2) is 4.79 Å². The Labute approximate surface area is 214 Å². The van der Waals surface area contributed by atoms with Gasteiger partial charge in [0.15, 0.2) is 0 Å². The highest BCUT2D eigenvalue weighted by Gasteiger charge is 2.40. The van der Waals surface area contributed by atoms with Gasteiger partial charge in [-0.2, -0.15) is 0 Å². The molecule has 10 heteroatoms. The zero-order valence-electron chi connectivity index (χ0n) is 22.7. The van der Waals surface area contributed by atoms with Crippen LogP contribution in [0.25, 0.3) is 0 Å². The van der Waals surface area contributed by atoms with E-state index in [-0.39, 0.29) is 26.1 Å². The van der Waals surface area contributed by atoms with Crippen LogP contribution in [0.1, 0.15) is 110 Å². The van der Waals surface area contributed by atoms with Crippen molar-refractivity contribution in [3.8, 4) is 0 Å². The van der Waals surface area contributed by atoms with Crippen molar-refractivity contribution in [2.24, 2.45) is 17.6 Å². The maximum absolute atomic E-state index is 12.9. The number of carbonyl (C=O) groups excluding carboxylic acids is 3. The van der Waals surface area contributed by atoms with E-state index in [1.165, 1.54) is 11.3 Å². The minimum Gasteiger partial charge on any atom is -0.465 e. The molecule has 1 atom stereocenters.